The number of ketones is 3. The summed E-state index contributed by atoms with van der Waals surface area (Å²) in [5.41, 5.74) is 1.36. The highest BCUT2D eigenvalue weighted by Crippen LogP contribution is 2.38. The van der Waals surface area contributed by atoms with Gasteiger partial charge in [0.2, 0.25) is 5.79 Å². The Morgan fingerprint density at radius 1 is 0.873 bits per heavy atom. The first-order valence-electron chi connectivity index (χ1n) is 26.0. The Morgan fingerprint density at radius 3 is 2.30 bits per heavy atom. The number of hydrogen-bond donors (Lipinski definition) is 3. The third-order valence-corrected chi connectivity index (χ3v) is 15.3. The summed E-state index contributed by atoms with van der Waals surface area (Å²) in [5, 5.41) is 32.3. The number of carboxylic acids is 1. The molecule has 0 spiro atoms. The van der Waals surface area contributed by atoms with Crippen LogP contribution < -0.4 is 0 Å². The molecule has 3 N–H and O–H groups in total. The molecule has 0 aromatic heterocycles. The lowest BCUT2D eigenvalue weighted by molar-refractivity contribution is -0.265. The topological polar surface area (TPSA) is 222 Å². The summed E-state index contributed by atoms with van der Waals surface area (Å²) in [7, 11) is 3.18. The molecule has 2 saturated heterocycles. The highest BCUT2D eigenvalue weighted by Gasteiger charge is 2.53. The first-order chi connectivity index (χ1) is 33.6. The van der Waals surface area contributed by atoms with E-state index in [0.29, 0.717) is 63.4 Å². The van der Waals surface area contributed by atoms with Crippen molar-refractivity contribution in [2.75, 3.05) is 40.6 Å². The average molecular weight is 1000 g/mol. The summed E-state index contributed by atoms with van der Waals surface area (Å²) in [6.45, 7) is 14.5. The van der Waals surface area contributed by atoms with Crippen molar-refractivity contribution in [1.29, 1.82) is 0 Å². The number of methoxy groups -OCH3 is 2. The van der Waals surface area contributed by atoms with Crippen LogP contribution in [0, 0.1) is 41.4 Å². The molecule has 71 heavy (non-hydrogen) atoms. The number of amides is 1. The fourth-order valence-corrected chi connectivity index (χ4v) is 10.8. The lowest BCUT2D eigenvalue weighted by atomic mass is 9.78. The molecule has 16 heteroatoms. The quantitative estimate of drug-likeness (QED) is 0.0827. The van der Waals surface area contributed by atoms with Crippen molar-refractivity contribution >= 4 is 35.2 Å². The zero-order chi connectivity index (χ0) is 52.6. The summed E-state index contributed by atoms with van der Waals surface area (Å²) < 4.78 is 35.3. The number of hydrogen-bond acceptors (Lipinski definition) is 14. The van der Waals surface area contributed by atoms with Gasteiger partial charge in [-0.2, -0.15) is 0 Å². The fraction of sp³-hybridized carbons (Fsp3) is 0.745. The van der Waals surface area contributed by atoms with Crippen LogP contribution in [0.1, 0.15) is 132 Å². The van der Waals surface area contributed by atoms with E-state index in [2.05, 4.69) is 0 Å². The molecular formula is C55H85NO15. The van der Waals surface area contributed by atoms with Gasteiger partial charge in [0, 0.05) is 57.3 Å². The van der Waals surface area contributed by atoms with Crippen molar-refractivity contribution in [2.24, 2.45) is 41.4 Å². The normalized spacial score (nSPS) is 36.8. The van der Waals surface area contributed by atoms with E-state index in [-0.39, 0.29) is 80.0 Å². The number of fused-ring (bicyclic) bond motifs is 3. The van der Waals surface area contributed by atoms with E-state index < -0.39 is 84.2 Å². The van der Waals surface area contributed by atoms with Gasteiger partial charge in [0.15, 0.2) is 0 Å². The van der Waals surface area contributed by atoms with Crippen LogP contribution >= 0.6 is 0 Å². The molecule has 1 unspecified atom stereocenters. The molecule has 1 aliphatic carbocycles. The van der Waals surface area contributed by atoms with Crippen molar-refractivity contribution < 1.29 is 72.5 Å². The molecule has 0 radical (unpaired) electrons. The Labute approximate surface area is 421 Å². The van der Waals surface area contributed by atoms with E-state index in [0.717, 1.165) is 12.0 Å². The molecule has 400 valence electrons. The summed E-state index contributed by atoms with van der Waals surface area (Å²) in [4.78, 5) is 83.0. The van der Waals surface area contributed by atoms with E-state index in [9.17, 15) is 39.0 Å². The molecule has 0 aromatic carbocycles. The number of cyclic esters (lactones) is 1. The standard InChI is InChI=1S/C55H85NO15/c1-33-16-12-11-13-17-34(2)46(66-9)30-42-21-19-39(7)55(65,71-42)52(62)53(63)56-23-15-14-18-43(56)54(64)70-47(31-44(57)35(3)27-38(6)51(61)40(8)50(60)37(5)26-33)36(4)28-41-20-22-45(48(29-41)67-10)69-25-24-68-32-49(58)59/h11-13,16-17,27,33,35-37,39-43,45-48,51,61,65H,14-15,18-26,28-32H2,1-10H3,(H,58,59)/b13-11?,16-12+,34-17?,38-27+/t33-,35-,36+,37-,39-,40+,41-,42+,43?,45-,46+,47+,48-,51-,55-/m1/s1. The number of aliphatic hydroxyl groups excluding tert-OH is 1. The molecule has 3 fully saturated rings. The SMILES string of the molecule is CO[C@H]1C[C@@H]2CC[C@@H](C)[C@@](O)(O2)C(=O)C(=O)N2CCCCC2C(=O)O[C@H]([C@@H](C)C[C@H]2CC[C@@H](OCCOCC(=O)O)[C@H](OC)C2)CC(=O)[C@H](C)/C=C(\C)[C@@H](O)[C@@H](C)C(=O)[C@H](C)C[C@H](C)/C=C/C=CC=C1C. The summed E-state index contributed by atoms with van der Waals surface area (Å²) in [6, 6.07) is -1.16. The summed E-state index contributed by atoms with van der Waals surface area (Å²) in [5.74, 6) is -9.48. The largest absolute Gasteiger partial charge is 0.480 e. The van der Waals surface area contributed by atoms with Crippen LogP contribution in [0.4, 0.5) is 0 Å². The molecule has 15 atom stereocenters. The Balaban J connectivity index is 1.65. The van der Waals surface area contributed by atoms with Gasteiger partial charge in [0.25, 0.3) is 11.7 Å². The van der Waals surface area contributed by atoms with Crippen LogP contribution in [0.15, 0.2) is 47.6 Å². The zero-order valence-corrected chi connectivity index (χ0v) is 44.0. The molecule has 4 aliphatic rings. The van der Waals surface area contributed by atoms with Crippen molar-refractivity contribution in [1.82, 2.24) is 4.90 Å². The van der Waals surface area contributed by atoms with Gasteiger partial charge in [0.1, 0.15) is 30.3 Å². The van der Waals surface area contributed by atoms with Gasteiger partial charge >= 0.3 is 11.9 Å². The third-order valence-electron chi connectivity index (χ3n) is 15.3. The number of carbonyl (C=O) groups is 6. The van der Waals surface area contributed by atoms with Crippen LogP contribution in [0.2, 0.25) is 0 Å². The number of aliphatic hydroxyl groups is 2. The van der Waals surface area contributed by atoms with E-state index in [4.69, 9.17) is 33.5 Å². The van der Waals surface area contributed by atoms with Gasteiger partial charge in [0.05, 0.1) is 43.7 Å². The minimum atomic E-state index is -2.44. The smallest absolute Gasteiger partial charge is 0.329 e. The molecule has 16 nitrogen and oxygen atoms in total. The van der Waals surface area contributed by atoms with Crippen molar-refractivity contribution in [3.63, 3.8) is 0 Å². The number of Topliss-reactive ketones (excluding diaryl/α,β-unsaturated/α-hetero) is 3. The molecule has 4 rings (SSSR count). The molecule has 3 aliphatic heterocycles. The van der Waals surface area contributed by atoms with Crippen LogP contribution in [0.3, 0.4) is 0 Å². The lowest BCUT2D eigenvalue weighted by Gasteiger charge is -2.42. The minimum Gasteiger partial charge on any atom is -0.480 e. The number of esters is 1. The van der Waals surface area contributed by atoms with Gasteiger partial charge in [-0.25, -0.2) is 9.59 Å². The average Bonchev–Trinajstić information content (AvgIpc) is 3.34. The minimum absolute atomic E-state index is 0.0588. The number of piperidine rings is 1. The maximum absolute atomic E-state index is 14.5. The molecule has 3 heterocycles. The highest BCUT2D eigenvalue weighted by atomic mass is 16.6. The van der Waals surface area contributed by atoms with Gasteiger partial charge in [-0.1, -0.05) is 78.0 Å². The summed E-state index contributed by atoms with van der Waals surface area (Å²) in [6.07, 6.45) is 13.2. The Kier molecular flexibility index (Phi) is 24.0. The molecule has 2 bridgehead atoms. The molecule has 0 aromatic rings. The van der Waals surface area contributed by atoms with E-state index in [1.807, 2.05) is 58.1 Å². The van der Waals surface area contributed by atoms with Gasteiger partial charge in [-0.05, 0) is 107 Å². The van der Waals surface area contributed by atoms with E-state index >= 15 is 0 Å². The third kappa shape index (κ3) is 17.1. The number of carbonyl (C=O) groups excluding carboxylic acids is 5. The second kappa shape index (κ2) is 28.5. The molecular weight excluding hydrogens is 915 g/mol. The maximum atomic E-state index is 14.5. The van der Waals surface area contributed by atoms with Crippen molar-refractivity contribution in [2.45, 2.75) is 181 Å². The number of ether oxygens (including phenoxy) is 6. The van der Waals surface area contributed by atoms with Crippen LogP contribution in [0.25, 0.3) is 0 Å². The molecule has 1 amide bonds. The monoisotopic (exact) mass is 1000 g/mol. The Bertz CT molecular complexity index is 1930. The first-order valence-corrected chi connectivity index (χ1v) is 26.0. The number of carboxylic acid groups (broad SMARTS) is 1. The number of rotatable bonds is 11. The zero-order valence-electron chi connectivity index (χ0n) is 44.0. The van der Waals surface area contributed by atoms with Crippen molar-refractivity contribution in [3.05, 3.63) is 47.6 Å². The van der Waals surface area contributed by atoms with Crippen molar-refractivity contribution in [3.8, 4) is 0 Å². The van der Waals surface area contributed by atoms with Gasteiger partial charge in [-0.3, -0.25) is 19.2 Å². The first kappa shape index (κ1) is 59.7. The second-order valence-corrected chi connectivity index (χ2v) is 21.0. The second-order valence-electron chi connectivity index (χ2n) is 21.0. The molecule has 1 saturated carbocycles. The Hall–Kier alpha value is -3.90. The highest BCUT2D eigenvalue weighted by molar-refractivity contribution is 6.39. The maximum Gasteiger partial charge on any atom is 0.329 e. The lowest BCUT2D eigenvalue weighted by Crippen LogP contribution is -2.61. The van der Waals surface area contributed by atoms with E-state index in [1.54, 1.807) is 48.0 Å². The van der Waals surface area contributed by atoms with Gasteiger partial charge in [-0.15, -0.1) is 0 Å². The fourth-order valence-electron chi connectivity index (χ4n) is 10.8. The van der Waals surface area contributed by atoms with Crippen LogP contribution in [0.5, 0.6) is 0 Å². The number of nitrogens with zero attached hydrogens (tertiary/aromatic N) is 1. The van der Waals surface area contributed by atoms with Crippen LogP contribution in [-0.2, 0) is 57.2 Å². The summed E-state index contributed by atoms with van der Waals surface area (Å²) >= 11 is 0. The number of allylic oxidation sites excluding steroid dienone is 6. The predicted molar refractivity (Wildman–Crippen MR) is 266 cm³/mol. The Morgan fingerprint density at radius 2 is 1.61 bits per heavy atom. The predicted octanol–water partition coefficient (Wildman–Crippen LogP) is 6.93. The number of aliphatic carboxylic acids is 1. The van der Waals surface area contributed by atoms with Gasteiger partial charge < -0.3 is 48.6 Å². The van der Waals surface area contributed by atoms with E-state index in [1.165, 1.54) is 4.90 Å². The van der Waals surface area contributed by atoms with Crippen LogP contribution in [-0.4, -0.2) is 144 Å².